The molecule has 3 aromatic rings. The first-order valence-electron chi connectivity index (χ1n) is 10.4. The predicted molar refractivity (Wildman–Crippen MR) is 121 cm³/mol. The lowest BCUT2D eigenvalue weighted by Gasteiger charge is -2.15. The quantitative estimate of drug-likeness (QED) is 0.338. The van der Waals surface area contributed by atoms with Gasteiger partial charge in [0.2, 0.25) is 20.7 Å². The highest BCUT2D eigenvalue weighted by atomic mass is 32.2. The summed E-state index contributed by atoms with van der Waals surface area (Å²) in [6, 6.07) is 9.78. The molecule has 0 amide bonds. The van der Waals surface area contributed by atoms with Crippen molar-refractivity contribution >= 4 is 31.7 Å². The number of benzene rings is 1. The molecule has 14 heteroatoms. The lowest BCUT2D eigenvalue weighted by molar-refractivity contribution is 0.1000. The fourth-order valence-corrected chi connectivity index (χ4v) is 5.38. The number of rotatable bonds is 9. The van der Waals surface area contributed by atoms with Crippen molar-refractivity contribution in [3.05, 3.63) is 66.3 Å². The van der Waals surface area contributed by atoms with E-state index in [1.165, 1.54) is 36.8 Å². The van der Waals surface area contributed by atoms with Crippen molar-refractivity contribution in [3.8, 4) is 0 Å². The van der Waals surface area contributed by atoms with Crippen LogP contribution in [0.15, 0.2) is 69.4 Å². The number of hydrogen-bond acceptors (Lipinski definition) is 11. The molecule has 0 aliphatic heterocycles. The molecule has 4 rings (SSSR count). The van der Waals surface area contributed by atoms with Crippen molar-refractivity contribution in [1.82, 2.24) is 9.97 Å². The minimum absolute atomic E-state index is 0.0273. The molecule has 1 aromatic carbocycles. The number of nitrogens with zero attached hydrogens (tertiary/aromatic N) is 2. The van der Waals surface area contributed by atoms with Crippen LogP contribution in [0.2, 0.25) is 0 Å². The van der Waals surface area contributed by atoms with Crippen molar-refractivity contribution in [2.45, 2.75) is 35.0 Å². The summed E-state index contributed by atoms with van der Waals surface area (Å²) in [6.45, 7) is -0.279. The van der Waals surface area contributed by atoms with Crippen LogP contribution in [0.5, 0.6) is 0 Å². The summed E-state index contributed by atoms with van der Waals surface area (Å²) in [5.74, 6) is -1.21. The van der Waals surface area contributed by atoms with Crippen LogP contribution in [-0.2, 0) is 24.3 Å². The summed E-state index contributed by atoms with van der Waals surface area (Å²) >= 11 is 0. The third-order valence-electron chi connectivity index (χ3n) is 5.53. The van der Waals surface area contributed by atoms with Crippen LogP contribution >= 0.6 is 0 Å². The van der Waals surface area contributed by atoms with Crippen LogP contribution in [0.4, 0.5) is 5.82 Å². The van der Waals surface area contributed by atoms with Gasteiger partial charge in [0.15, 0.2) is 5.76 Å². The summed E-state index contributed by atoms with van der Waals surface area (Å²) in [4.78, 5) is 21.1. The summed E-state index contributed by atoms with van der Waals surface area (Å²) in [5, 5.41) is 17.7. The fourth-order valence-electron chi connectivity index (χ4n) is 3.82. The van der Waals surface area contributed by atoms with Gasteiger partial charge in [-0.15, -0.1) is 0 Å². The number of furan rings is 1. The third kappa shape index (κ3) is 5.74. The molecule has 1 fully saturated rings. The van der Waals surface area contributed by atoms with Gasteiger partial charge in [0.05, 0.1) is 23.2 Å². The van der Waals surface area contributed by atoms with Gasteiger partial charge >= 0.3 is 10.3 Å². The lowest BCUT2D eigenvalue weighted by atomic mass is 10.1. The molecular formula is C21H22N4O8S2. The minimum atomic E-state index is -4.14. The number of nitrogens with one attached hydrogen (secondary N) is 1. The Morgan fingerprint density at radius 2 is 1.89 bits per heavy atom. The molecule has 0 unspecified atom stereocenters. The van der Waals surface area contributed by atoms with E-state index in [9.17, 15) is 26.7 Å². The second-order valence-electron chi connectivity index (χ2n) is 7.97. The van der Waals surface area contributed by atoms with E-state index in [0.29, 0.717) is 6.42 Å². The summed E-state index contributed by atoms with van der Waals surface area (Å²) in [6.07, 6.45) is 2.20. The van der Waals surface area contributed by atoms with Gasteiger partial charge in [-0.25, -0.2) is 23.5 Å². The zero-order valence-electron chi connectivity index (χ0n) is 18.1. The highest BCUT2D eigenvalue weighted by Gasteiger charge is 2.35. The third-order valence-corrected chi connectivity index (χ3v) is 7.63. The van der Waals surface area contributed by atoms with Crippen molar-refractivity contribution in [2.75, 3.05) is 11.9 Å². The van der Waals surface area contributed by atoms with Gasteiger partial charge < -0.3 is 14.8 Å². The molecule has 35 heavy (non-hydrogen) atoms. The highest BCUT2D eigenvalue weighted by molar-refractivity contribution is 7.91. The van der Waals surface area contributed by atoms with E-state index in [4.69, 9.17) is 9.56 Å². The van der Waals surface area contributed by atoms with E-state index in [1.54, 1.807) is 18.2 Å². The molecule has 0 spiro atoms. The number of hydrogen-bond donors (Lipinski definition) is 3. The van der Waals surface area contributed by atoms with Gasteiger partial charge in [-0.3, -0.25) is 8.98 Å². The first-order valence-corrected chi connectivity index (χ1v) is 13.4. The Balaban J connectivity index is 1.51. The topological polar surface area (TPSA) is 192 Å². The van der Waals surface area contributed by atoms with E-state index in [2.05, 4.69) is 19.5 Å². The maximum absolute atomic E-state index is 13.1. The maximum Gasteiger partial charge on any atom is 0.333 e. The van der Waals surface area contributed by atoms with E-state index in [1.807, 2.05) is 0 Å². The molecule has 0 radical (unpaired) electrons. The van der Waals surface area contributed by atoms with Gasteiger partial charge in [0, 0.05) is 18.2 Å². The Labute approximate surface area is 201 Å². The Hall–Kier alpha value is -3.17. The second-order valence-corrected chi connectivity index (χ2v) is 11.1. The predicted octanol–water partition coefficient (Wildman–Crippen LogP) is 0.905. The smallest absolute Gasteiger partial charge is 0.333 e. The van der Waals surface area contributed by atoms with Crippen LogP contribution in [-0.4, -0.2) is 56.4 Å². The molecule has 3 atom stereocenters. The van der Waals surface area contributed by atoms with Gasteiger partial charge in [-0.1, -0.05) is 18.2 Å². The van der Waals surface area contributed by atoms with Gasteiger partial charge in [-0.2, -0.15) is 8.42 Å². The number of aliphatic hydroxyl groups is 1. The normalized spacial score (nSPS) is 20.6. The Morgan fingerprint density at radius 1 is 1.14 bits per heavy atom. The van der Waals surface area contributed by atoms with Crippen LogP contribution in [0.3, 0.4) is 0 Å². The highest BCUT2D eigenvalue weighted by Crippen LogP contribution is 2.30. The summed E-state index contributed by atoms with van der Waals surface area (Å²) in [5.41, 5.74) is 0.0317. The number of aromatic nitrogens is 2. The number of carbonyl (C=O) groups is 1. The first-order chi connectivity index (χ1) is 16.5. The zero-order chi connectivity index (χ0) is 25.2. The molecule has 4 N–H and O–H groups in total. The average Bonchev–Trinajstić information content (AvgIpc) is 3.45. The number of ketones is 1. The van der Waals surface area contributed by atoms with Crippen LogP contribution < -0.4 is 10.5 Å². The van der Waals surface area contributed by atoms with Crippen molar-refractivity contribution in [2.24, 2.45) is 11.1 Å². The van der Waals surface area contributed by atoms with E-state index in [0.717, 1.165) is 0 Å². The van der Waals surface area contributed by atoms with Gasteiger partial charge in [0.1, 0.15) is 12.1 Å². The number of aliphatic hydroxyl groups excluding tert-OH is 1. The number of carbonyl (C=O) groups excluding carboxylic acids is 1. The number of nitrogens with two attached hydrogens (primary N) is 1. The van der Waals surface area contributed by atoms with Gasteiger partial charge in [-0.05, 0) is 37.1 Å². The molecule has 0 bridgehead atoms. The van der Waals surface area contributed by atoms with Crippen LogP contribution in [0.25, 0.3) is 0 Å². The first kappa shape index (κ1) is 24.9. The van der Waals surface area contributed by atoms with E-state index < -0.39 is 37.9 Å². The molecule has 2 heterocycles. The average molecular weight is 523 g/mol. The summed E-state index contributed by atoms with van der Waals surface area (Å²) in [7, 11) is -8.08. The van der Waals surface area contributed by atoms with Crippen molar-refractivity contribution in [3.63, 3.8) is 0 Å². The standard InChI is InChI=1S/C21H22N4O8S2/c22-35(30,31)32-11-13-8-14(9-17(13)26)25-21-16(10-23-12-24-21)20(27)18-6-7-19(33-18)34(28,29)15-4-2-1-3-5-15/h1-7,10,12-14,17,26H,8-9,11H2,(H2,22,30,31)(H,23,24,25)/t13-,14-,17+/m1/s1. The molecule has 1 aliphatic carbocycles. The zero-order valence-corrected chi connectivity index (χ0v) is 19.8. The molecule has 1 saturated carbocycles. The van der Waals surface area contributed by atoms with Crippen LogP contribution in [0, 0.1) is 5.92 Å². The molecule has 186 valence electrons. The largest absolute Gasteiger partial charge is 0.441 e. The van der Waals surface area contributed by atoms with Gasteiger partial charge in [0.25, 0.3) is 0 Å². The van der Waals surface area contributed by atoms with Crippen molar-refractivity contribution < 1.29 is 35.3 Å². The summed E-state index contributed by atoms with van der Waals surface area (Å²) < 4.78 is 57.5. The Bertz CT molecular complexity index is 1420. The minimum Gasteiger partial charge on any atom is -0.441 e. The number of anilines is 1. The second kappa shape index (κ2) is 9.83. The Morgan fingerprint density at radius 3 is 2.60 bits per heavy atom. The molecule has 2 aromatic heterocycles. The lowest BCUT2D eigenvalue weighted by Crippen LogP contribution is -2.24. The van der Waals surface area contributed by atoms with Crippen molar-refractivity contribution in [1.29, 1.82) is 0 Å². The molecule has 0 saturated heterocycles. The van der Waals surface area contributed by atoms with E-state index in [-0.39, 0.29) is 46.2 Å². The van der Waals surface area contributed by atoms with E-state index >= 15 is 0 Å². The maximum atomic E-state index is 13.1. The monoisotopic (exact) mass is 522 g/mol. The molecule has 1 aliphatic rings. The molecule has 12 nitrogen and oxygen atoms in total. The number of sulfone groups is 1. The Kier molecular flexibility index (Phi) is 7.00. The molecular weight excluding hydrogens is 500 g/mol. The van der Waals surface area contributed by atoms with Crippen LogP contribution in [0.1, 0.15) is 29.0 Å². The SMILES string of the molecule is NS(=O)(=O)OC[C@H]1C[C@@H](Nc2ncncc2C(=O)c2ccc(S(=O)(=O)c3ccccc3)o2)C[C@@H]1O. The fraction of sp³-hybridized carbons (Fsp3) is 0.286.